The van der Waals surface area contributed by atoms with E-state index in [9.17, 15) is 9.59 Å². The van der Waals surface area contributed by atoms with Gasteiger partial charge in [0, 0.05) is 32.6 Å². The topological polar surface area (TPSA) is 52.7 Å². The van der Waals surface area contributed by atoms with E-state index in [1.165, 1.54) is 0 Å². The molecule has 0 aromatic rings. The van der Waals surface area contributed by atoms with Gasteiger partial charge in [0.1, 0.15) is 0 Å². The lowest BCUT2D eigenvalue weighted by Gasteiger charge is -2.23. The SMILES string of the molecule is Cl.O=C(CN1CCCC1=O)N1CCCNCC1. The summed E-state index contributed by atoms with van der Waals surface area (Å²) in [6, 6.07) is 0. The van der Waals surface area contributed by atoms with Gasteiger partial charge in [-0.25, -0.2) is 0 Å². The average molecular weight is 262 g/mol. The first-order valence-corrected chi connectivity index (χ1v) is 6.03. The molecule has 2 fully saturated rings. The molecular weight excluding hydrogens is 242 g/mol. The third kappa shape index (κ3) is 3.85. The fraction of sp³-hybridized carbons (Fsp3) is 0.818. The van der Waals surface area contributed by atoms with Gasteiger partial charge in [0.15, 0.2) is 0 Å². The minimum atomic E-state index is 0. The molecule has 98 valence electrons. The predicted molar refractivity (Wildman–Crippen MR) is 67.1 cm³/mol. The monoisotopic (exact) mass is 261 g/mol. The summed E-state index contributed by atoms with van der Waals surface area (Å²) in [6.07, 6.45) is 2.50. The number of amides is 2. The first kappa shape index (κ1) is 14.3. The number of rotatable bonds is 2. The first-order valence-electron chi connectivity index (χ1n) is 6.03. The van der Waals surface area contributed by atoms with Crippen molar-refractivity contribution in [3.05, 3.63) is 0 Å². The van der Waals surface area contributed by atoms with Crippen LogP contribution in [0.25, 0.3) is 0 Å². The zero-order chi connectivity index (χ0) is 11.4. The van der Waals surface area contributed by atoms with Crippen molar-refractivity contribution in [2.75, 3.05) is 39.3 Å². The van der Waals surface area contributed by atoms with Crippen LogP contribution >= 0.6 is 12.4 Å². The quantitative estimate of drug-likeness (QED) is 0.752. The number of hydrogen-bond acceptors (Lipinski definition) is 3. The summed E-state index contributed by atoms with van der Waals surface area (Å²) >= 11 is 0. The van der Waals surface area contributed by atoms with E-state index >= 15 is 0 Å². The molecule has 5 nitrogen and oxygen atoms in total. The Kier molecular flexibility index (Phi) is 5.71. The highest BCUT2D eigenvalue weighted by Crippen LogP contribution is 2.09. The van der Waals surface area contributed by atoms with E-state index in [1.54, 1.807) is 4.90 Å². The zero-order valence-corrected chi connectivity index (χ0v) is 10.8. The van der Waals surface area contributed by atoms with Crippen LogP contribution in [-0.2, 0) is 9.59 Å². The largest absolute Gasteiger partial charge is 0.340 e. The maximum Gasteiger partial charge on any atom is 0.242 e. The molecule has 0 radical (unpaired) electrons. The second-order valence-electron chi connectivity index (χ2n) is 4.40. The van der Waals surface area contributed by atoms with E-state index in [4.69, 9.17) is 0 Å². The van der Waals surface area contributed by atoms with E-state index in [0.29, 0.717) is 6.42 Å². The van der Waals surface area contributed by atoms with E-state index in [2.05, 4.69) is 5.32 Å². The number of nitrogens with zero attached hydrogens (tertiary/aromatic N) is 2. The van der Waals surface area contributed by atoms with Crippen LogP contribution in [0.4, 0.5) is 0 Å². The van der Waals surface area contributed by atoms with Gasteiger partial charge in [0.25, 0.3) is 0 Å². The normalized spacial score (nSPS) is 21.1. The molecule has 0 saturated carbocycles. The fourth-order valence-electron chi connectivity index (χ4n) is 2.23. The molecule has 0 aromatic carbocycles. The Bertz CT molecular complexity index is 278. The Hall–Kier alpha value is -0.810. The fourth-order valence-corrected chi connectivity index (χ4v) is 2.23. The number of nitrogens with one attached hydrogen (secondary N) is 1. The Morgan fingerprint density at radius 1 is 1.18 bits per heavy atom. The highest BCUT2D eigenvalue weighted by atomic mass is 35.5. The van der Waals surface area contributed by atoms with Gasteiger partial charge >= 0.3 is 0 Å². The maximum absolute atomic E-state index is 12.0. The van der Waals surface area contributed by atoms with Crippen LogP contribution in [0, 0.1) is 0 Å². The second kappa shape index (κ2) is 6.81. The van der Waals surface area contributed by atoms with Gasteiger partial charge in [0.2, 0.25) is 11.8 Å². The molecule has 0 atom stereocenters. The molecule has 2 heterocycles. The molecule has 0 spiro atoms. The summed E-state index contributed by atoms with van der Waals surface area (Å²) < 4.78 is 0. The van der Waals surface area contributed by atoms with Crippen LogP contribution in [0.5, 0.6) is 0 Å². The summed E-state index contributed by atoms with van der Waals surface area (Å²) in [7, 11) is 0. The summed E-state index contributed by atoms with van der Waals surface area (Å²) in [5, 5.41) is 3.26. The molecular formula is C11H20ClN3O2. The molecule has 2 saturated heterocycles. The highest BCUT2D eigenvalue weighted by Gasteiger charge is 2.24. The molecule has 0 bridgehead atoms. The van der Waals surface area contributed by atoms with Crippen molar-refractivity contribution in [1.82, 2.24) is 15.1 Å². The van der Waals surface area contributed by atoms with E-state index in [1.807, 2.05) is 4.90 Å². The lowest BCUT2D eigenvalue weighted by Crippen LogP contribution is -2.42. The number of likely N-dealkylation sites (tertiary alicyclic amines) is 1. The van der Waals surface area contributed by atoms with Crippen LogP contribution in [0.15, 0.2) is 0 Å². The molecule has 0 unspecified atom stereocenters. The van der Waals surface area contributed by atoms with Crippen LogP contribution in [0.2, 0.25) is 0 Å². The number of hydrogen-bond donors (Lipinski definition) is 1. The molecule has 1 N–H and O–H groups in total. The number of carbonyl (C=O) groups excluding carboxylic acids is 2. The van der Waals surface area contributed by atoms with Gasteiger partial charge in [-0.2, -0.15) is 0 Å². The molecule has 2 aliphatic rings. The Morgan fingerprint density at radius 2 is 2.00 bits per heavy atom. The molecule has 17 heavy (non-hydrogen) atoms. The second-order valence-corrected chi connectivity index (χ2v) is 4.40. The molecule has 2 amide bonds. The van der Waals surface area contributed by atoms with Crippen LogP contribution in [-0.4, -0.2) is 60.9 Å². The lowest BCUT2D eigenvalue weighted by atomic mass is 10.3. The van der Waals surface area contributed by atoms with Crippen LogP contribution in [0.3, 0.4) is 0 Å². The first-order chi connectivity index (χ1) is 7.77. The van der Waals surface area contributed by atoms with E-state index < -0.39 is 0 Å². The molecule has 2 aliphatic heterocycles. The van der Waals surface area contributed by atoms with Crippen molar-refractivity contribution in [3.63, 3.8) is 0 Å². The number of carbonyl (C=O) groups is 2. The van der Waals surface area contributed by atoms with Gasteiger partial charge in [-0.1, -0.05) is 0 Å². The van der Waals surface area contributed by atoms with Gasteiger partial charge < -0.3 is 15.1 Å². The summed E-state index contributed by atoms with van der Waals surface area (Å²) in [6.45, 7) is 4.44. The van der Waals surface area contributed by atoms with Crippen molar-refractivity contribution in [2.24, 2.45) is 0 Å². The van der Waals surface area contributed by atoms with Crippen molar-refractivity contribution >= 4 is 24.2 Å². The van der Waals surface area contributed by atoms with Crippen molar-refractivity contribution in [3.8, 4) is 0 Å². The maximum atomic E-state index is 12.0. The smallest absolute Gasteiger partial charge is 0.242 e. The summed E-state index contributed by atoms with van der Waals surface area (Å²) in [5.41, 5.74) is 0. The average Bonchev–Trinajstić information content (AvgIpc) is 2.57. The third-order valence-corrected chi connectivity index (χ3v) is 3.19. The van der Waals surface area contributed by atoms with Crippen molar-refractivity contribution in [1.29, 1.82) is 0 Å². The summed E-state index contributed by atoms with van der Waals surface area (Å²) in [4.78, 5) is 26.9. The van der Waals surface area contributed by atoms with Crippen molar-refractivity contribution in [2.45, 2.75) is 19.3 Å². The van der Waals surface area contributed by atoms with Gasteiger partial charge in [-0.3, -0.25) is 9.59 Å². The Morgan fingerprint density at radius 3 is 2.71 bits per heavy atom. The third-order valence-electron chi connectivity index (χ3n) is 3.19. The lowest BCUT2D eigenvalue weighted by molar-refractivity contribution is -0.138. The minimum Gasteiger partial charge on any atom is -0.340 e. The zero-order valence-electron chi connectivity index (χ0n) is 9.98. The minimum absolute atomic E-state index is 0. The van der Waals surface area contributed by atoms with Crippen molar-refractivity contribution < 1.29 is 9.59 Å². The highest BCUT2D eigenvalue weighted by molar-refractivity contribution is 5.86. The van der Waals surface area contributed by atoms with Gasteiger partial charge in [-0.05, 0) is 19.4 Å². The summed E-state index contributed by atoms with van der Waals surface area (Å²) in [5.74, 6) is 0.222. The van der Waals surface area contributed by atoms with E-state index in [-0.39, 0.29) is 30.8 Å². The van der Waals surface area contributed by atoms with E-state index in [0.717, 1.165) is 45.6 Å². The van der Waals surface area contributed by atoms with Gasteiger partial charge in [0.05, 0.1) is 6.54 Å². The standard InChI is InChI=1S/C11H19N3O2.ClH/c15-10-3-1-6-14(10)9-11(16)13-7-2-4-12-5-8-13;/h12H,1-9H2;1H. The Balaban J connectivity index is 0.00000144. The molecule has 0 aliphatic carbocycles. The molecule has 2 rings (SSSR count). The predicted octanol–water partition coefficient (Wildman–Crippen LogP) is -0.147. The molecule has 0 aromatic heterocycles. The van der Waals surface area contributed by atoms with Gasteiger partial charge in [-0.15, -0.1) is 12.4 Å². The van der Waals surface area contributed by atoms with Crippen LogP contribution < -0.4 is 5.32 Å². The Labute approximate surface area is 108 Å². The van der Waals surface area contributed by atoms with Crippen LogP contribution in [0.1, 0.15) is 19.3 Å². The number of halogens is 1. The molecule has 6 heteroatoms.